The summed E-state index contributed by atoms with van der Waals surface area (Å²) < 4.78 is 0. The fourth-order valence-electron chi connectivity index (χ4n) is 2.41. The maximum Gasteiger partial charge on any atom is 0.252 e. The second kappa shape index (κ2) is 8.09. The number of hydrogen-bond acceptors (Lipinski definition) is 4. The second-order valence-corrected chi connectivity index (χ2v) is 6.66. The van der Waals surface area contributed by atoms with Crippen LogP contribution < -0.4 is 10.6 Å². The molecule has 0 saturated heterocycles. The van der Waals surface area contributed by atoms with E-state index < -0.39 is 0 Å². The minimum Gasteiger partial charge on any atom is -0.352 e. The Balaban J connectivity index is 1.52. The summed E-state index contributed by atoms with van der Waals surface area (Å²) in [5.41, 5.74) is 1.94. The van der Waals surface area contributed by atoms with Crippen LogP contribution in [0.5, 0.6) is 0 Å². The molecule has 1 aromatic carbocycles. The Morgan fingerprint density at radius 3 is 2.92 bits per heavy atom. The normalized spacial score (nSPS) is 10.6. The summed E-state index contributed by atoms with van der Waals surface area (Å²) >= 11 is 7.57. The Morgan fingerprint density at radius 2 is 2.12 bits per heavy atom. The summed E-state index contributed by atoms with van der Waals surface area (Å²) in [5.74, 6) is -0.259. The summed E-state index contributed by atoms with van der Waals surface area (Å²) in [6, 6.07) is 8.97. The first-order chi connectivity index (χ1) is 12.1. The van der Waals surface area contributed by atoms with Gasteiger partial charge in [0.15, 0.2) is 0 Å². The highest BCUT2D eigenvalue weighted by atomic mass is 35.5. The van der Waals surface area contributed by atoms with E-state index in [0.717, 1.165) is 5.39 Å². The summed E-state index contributed by atoms with van der Waals surface area (Å²) in [7, 11) is 0. The molecule has 0 bridgehead atoms. The van der Waals surface area contributed by atoms with E-state index in [9.17, 15) is 9.59 Å². The van der Waals surface area contributed by atoms with Crippen LogP contribution in [0.1, 0.15) is 23.2 Å². The van der Waals surface area contributed by atoms with Gasteiger partial charge in [0.1, 0.15) is 0 Å². The van der Waals surface area contributed by atoms with Crippen LogP contribution in [-0.4, -0.2) is 23.3 Å². The van der Waals surface area contributed by atoms with E-state index in [1.165, 1.54) is 11.3 Å². The van der Waals surface area contributed by atoms with Crippen LogP contribution in [0.3, 0.4) is 0 Å². The van der Waals surface area contributed by atoms with Gasteiger partial charge in [0.05, 0.1) is 11.2 Å². The van der Waals surface area contributed by atoms with Crippen LogP contribution in [0.25, 0.3) is 10.9 Å². The van der Waals surface area contributed by atoms with Crippen LogP contribution >= 0.6 is 22.9 Å². The van der Waals surface area contributed by atoms with Crippen molar-refractivity contribution in [2.24, 2.45) is 0 Å². The quantitative estimate of drug-likeness (QED) is 0.639. The molecule has 0 aliphatic heterocycles. The first-order valence-electron chi connectivity index (χ1n) is 7.78. The molecule has 0 aliphatic carbocycles. The zero-order valence-corrected chi connectivity index (χ0v) is 14.9. The van der Waals surface area contributed by atoms with Crippen LogP contribution in [0.15, 0.2) is 47.3 Å². The third-order valence-corrected chi connectivity index (χ3v) is 4.49. The second-order valence-electron chi connectivity index (χ2n) is 5.45. The van der Waals surface area contributed by atoms with Crippen molar-refractivity contribution in [2.45, 2.75) is 12.8 Å². The Labute approximate surface area is 154 Å². The summed E-state index contributed by atoms with van der Waals surface area (Å²) in [4.78, 5) is 28.2. The van der Waals surface area contributed by atoms with Gasteiger partial charge in [-0.25, -0.2) is 0 Å². The molecule has 2 amide bonds. The van der Waals surface area contributed by atoms with Gasteiger partial charge in [-0.15, -0.1) is 0 Å². The molecule has 0 spiro atoms. The number of benzene rings is 1. The predicted molar refractivity (Wildman–Crippen MR) is 101 cm³/mol. The third-order valence-electron chi connectivity index (χ3n) is 3.59. The minimum absolute atomic E-state index is 0.119. The molecule has 7 heteroatoms. The van der Waals surface area contributed by atoms with Crippen molar-refractivity contribution in [3.05, 3.63) is 57.9 Å². The molecule has 2 N–H and O–H groups in total. The first-order valence-corrected chi connectivity index (χ1v) is 9.10. The summed E-state index contributed by atoms with van der Waals surface area (Å²) in [6.07, 6.45) is 2.52. The fraction of sp³-hybridized carbons (Fsp3) is 0.167. The van der Waals surface area contributed by atoms with Gasteiger partial charge in [0, 0.05) is 40.5 Å². The van der Waals surface area contributed by atoms with Crippen molar-refractivity contribution in [1.29, 1.82) is 0 Å². The highest BCUT2D eigenvalue weighted by Gasteiger charge is 2.09. The van der Waals surface area contributed by atoms with E-state index in [0.29, 0.717) is 41.2 Å². The lowest BCUT2D eigenvalue weighted by Gasteiger charge is -2.09. The molecule has 3 aromatic rings. The maximum atomic E-state index is 12.1. The number of aromatic nitrogens is 1. The third kappa shape index (κ3) is 4.55. The van der Waals surface area contributed by atoms with Crippen molar-refractivity contribution in [1.82, 2.24) is 10.3 Å². The number of fused-ring (bicyclic) bond motifs is 1. The van der Waals surface area contributed by atoms with E-state index >= 15 is 0 Å². The number of hydrogen-bond donors (Lipinski definition) is 2. The number of halogens is 1. The molecule has 128 valence electrons. The number of rotatable bonds is 6. The predicted octanol–water partition coefficient (Wildman–Crippen LogP) is 4.10. The summed E-state index contributed by atoms with van der Waals surface area (Å²) in [5, 5.41) is 10.7. The lowest BCUT2D eigenvalue weighted by Crippen LogP contribution is -2.25. The number of nitrogens with one attached hydrogen (secondary N) is 2. The highest BCUT2D eigenvalue weighted by molar-refractivity contribution is 7.08. The smallest absolute Gasteiger partial charge is 0.252 e. The fourth-order valence-corrected chi connectivity index (χ4v) is 3.27. The molecule has 2 heterocycles. The largest absolute Gasteiger partial charge is 0.352 e. The molecule has 0 fully saturated rings. The van der Waals surface area contributed by atoms with Crippen LogP contribution in [0.2, 0.25) is 5.02 Å². The molecular weight excluding hydrogens is 358 g/mol. The average Bonchev–Trinajstić information content (AvgIpc) is 3.13. The van der Waals surface area contributed by atoms with E-state index in [4.69, 9.17) is 11.6 Å². The average molecular weight is 374 g/mol. The number of anilines is 1. The molecule has 3 rings (SSSR count). The van der Waals surface area contributed by atoms with Gasteiger partial charge in [-0.3, -0.25) is 14.6 Å². The standard InChI is InChI=1S/C18H16ClN3O2S/c19-14-9-12-3-1-6-20-17(12)15(10-14)22-16(23)4-2-7-21-18(24)13-5-8-25-11-13/h1,3,5-6,8-11H,2,4,7H2,(H,21,24)(H,22,23). The van der Waals surface area contributed by atoms with Gasteiger partial charge < -0.3 is 10.6 Å². The molecule has 0 aliphatic rings. The van der Waals surface area contributed by atoms with Crippen molar-refractivity contribution in [2.75, 3.05) is 11.9 Å². The van der Waals surface area contributed by atoms with Gasteiger partial charge in [-0.05, 0) is 36.1 Å². The monoisotopic (exact) mass is 373 g/mol. The molecular formula is C18H16ClN3O2S. The molecule has 0 radical (unpaired) electrons. The molecule has 0 saturated carbocycles. The molecule has 25 heavy (non-hydrogen) atoms. The van der Waals surface area contributed by atoms with E-state index in [1.54, 1.807) is 29.8 Å². The maximum absolute atomic E-state index is 12.1. The Hall–Kier alpha value is -2.44. The SMILES string of the molecule is O=C(CCCNC(=O)c1ccsc1)Nc1cc(Cl)cc2cccnc12. The van der Waals surface area contributed by atoms with Crippen molar-refractivity contribution in [3.8, 4) is 0 Å². The minimum atomic E-state index is -0.140. The zero-order valence-electron chi connectivity index (χ0n) is 13.3. The number of nitrogens with zero attached hydrogens (tertiary/aromatic N) is 1. The Bertz CT molecular complexity index is 896. The topological polar surface area (TPSA) is 71.1 Å². The number of pyridine rings is 1. The van der Waals surface area contributed by atoms with Gasteiger partial charge >= 0.3 is 0 Å². The lowest BCUT2D eigenvalue weighted by molar-refractivity contribution is -0.116. The number of amides is 2. The summed E-state index contributed by atoms with van der Waals surface area (Å²) in [6.45, 7) is 0.441. The Kier molecular flexibility index (Phi) is 5.63. The number of carbonyl (C=O) groups is 2. The molecule has 0 unspecified atom stereocenters. The van der Waals surface area contributed by atoms with E-state index in [-0.39, 0.29) is 11.8 Å². The van der Waals surface area contributed by atoms with Gasteiger partial charge in [0.25, 0.3) is 5.91 Å². The molecule has 0 atom stereocenters. The van der Waals surface area contributed by atoms with Crippen molar-refractivity contribution < 1.29 is 9.59 Å². The van der Waals surface area contributed by atoms with Gasteiger partial charge in [0.2, 0.25) is 5.91 Å². The zero-order chi connectivity index (χ0) is 17.6. The van der Waals surface area contributed by atoms with Gasteiger partial charge in [-0.1, -0.05) is 17.7 Å². The first kappa shape index (κ1) is 17.4. The number of carbonyl (C=O) groups excluding carboxylic acids is 2. The van der Waals surface area contributed by atoms with Crippen LogP contribution in [0.4, 0.5) is 5.69 Å². The highest BCUT2D eigenvalue weighted by Crippen LogP contribution is 2.26. The molecule has 2 aromatic heterocycles. The van der Waals surface area contributed by atoms with E-state index in [1.807, 2.05) is 17.5 Å². The molecule has 5 nitrogen and oxygen atoms in total. The van der Waals surface area contributed by atoms with Crippen LogP contribution in [-0.2, 0) is 4.79 Å². The Morgan fingerprint density at radius 1 is 1.24 bits per heavy atom. The van der Waals surface area contributed by atoms with Gasteiger partial charge in [-0.2, -0.15) is 11.3 Å². The van der Waals surface area contributed by atoms with E-state index in [2.05, 4.69) is 15.6 Å². The van der Waals surface area contributed by atoms with Crippen molar-refractivity contribution >= 4 is 51.3 Å². The lowest BCUT2D eigenvalue weighted by atomic mass is 10.2. The van der Waals surface area contributed by atoms with Crippen LogP contribution in [0, 0.1) is 0 Å². The van der Waals surface area contributed by atoms with Crippen molar-refractivity contribution in [3.63, 3.8) is 0 Å². The number of thiophene rings is 1.